The van der Waals surface area contributed by atoms with Gasteiger partial charge in [0.05, 0.1) is 22.0 Å². The number of hydrogen-bond acceptors (Lipinski definition) is 3. The van der Waals surface area contributed by atoms with Crippen LogP contribution in [0.3, 0.4) is 0 Å². The summed E-state index contributed by atoms with van der Waals surface area (Å²) in [6.07, 6.45) is 1.38. The predicted molar refractivity (Wildman–Crippen MR) is 80.7 cm³/mol. The Hall–Kier alpha value is -1.65. The van der Waals surface area contributed by atoms with Crippen molar-refractivity contribution in [1.82, 2.24) is 9.97 Å². The van der Waals surface area contributed by atoms with Crippen molar-refractivity contribution in [3.05, 3.63) is 51.0 Å². The molecule has 0 radical (unpaired) electrons. The molecular weight excluding hydrogens is 297 g/mol. The van der Waals surface area contributed by atoms with Crippen molar-refractivity contribution in [2.24, 2.45) is 0 Å². The summed E-state index contributed by atoms with van der Waals surface area (Å²) in [5.41, 5.74) is 3.68. The molecule has 0 unspecified atom stereocenters. The van der Waals surface area contributed by atoms with Crippen LogP contribution in [-0.2, 0) is 0 Å². The molecule has 0 aliphatic carbocycles. The molecule has 104 valence electrons. The zero-order valence-corrected chi connectivity index (χ0v) is 12.8. The van der Waals surface area contributed by atoms with Crippen LogP contribution in [0.1, 0.15) is 27.3 Å². The molecule has 2 rings (SSSR count). The lowest BCUT2D eigenvalue weighted by atomic mass is 10.1. The van der Waals surface area contributed by atoms with Crippen molar-refractivity contribution in [1.29, 1.82) is 0 Å². The summed E-state index contributed by atoms with van der Waals surface area (Å²) in [5, 5.41) is 3.24. The Bertz CT molecular complexity index is 663. The van der Waals surface area contributed by atoms with Crippen molar-refractivity contribution < 1.29 is 4.79 Å². The molecular formula is C14H13Cl2N3O. The van der Waals surface area contributed by atoms with Gasteiger partial charge in [0, 0.05) is 11.9 Å². The SMILES string of the molecule is Cc1cc(C)c(NC(=O)c2cnc(Cl)c(Cl)c2)c(C)n1. The average Bonchev–Trinajstić information content (AvgIpc) is 2.36. The smallest absolute Gasteiger partial charge is 0.257 e. The Kier molecular flexibility index (Phi) is 4.26. The van der Waals surface area contributed by atoms with Crippen LogP contribution in [0.2, 0.25) is 10.2 Å². The van der Waals surface area contributed by atoms with E-state index in [4.69, 9.17) is 23.2 Å². The quantitative estimate of drug-likeness (QED) is 0.854. The number of amides is 1. The van der Waals surface area contributed by atoms with Crippen molar-refractivity contribution in [2.45, 2.75) is 20.8 Å². The molecule has 0 aliphatic rings. The monoisotopic (exact) mass is 309 g/mol. The maximum atomic E-state index is 12.2. The van der Waals surface area contributed by atoms with E-state index in [1.807, 2.05) is 26.8 Å². The Morgan fingerprint density at radius 1 is 1.20 bits per heavy atom. The molecule has 0 atom stereocenters. The highest BCUT2D eigenvalue weighted by Crippen LogP contribution is 2.22. The van der Waals surface area contributed by atoms with E-state index in [1.165, 1.54) is 12.3 Å². The number of aromatic nitrogens is 2. The second kappa shape index (κ2) is 5.77. The number of nitrogens with zero attached hydrogens (tertiary/aromatic N) is 2. The van der Waals surface area contributed by atoms with Crippen molar-refractivity contribution in [3.63, 3.8) is 0 Å². The second-order valence-electron chi connectivity index (χ2n) is 4.49. The topological polar surface area (TPSA) is 54.9 Å². The van der Waals surface area contributed by atoms with Crippen molar-refractivity contribution in [2.75, 3.05) is 5.32 Å². The first-order chi connectivity index (χ1) is 9.38. The van der Waals surface area contributed by atoms with Crippen LogP contribution in [0.25, 0.3) is 0 Å². The summed E-state index contributed by atoms with van der Waals surface area (Å²) >= 11 is 11.6. The number of hydrogen-bond donors (Lipinski definition) is 1. The first-order valence-electron chi connectivity index (χ1n) is 5.95. The zero-order chi connectivity index (χ0) is 14.9. The predicted octanol–water partition coefficient (Wildman–Crippen LogP) is 3.96. The van der Waals surface area contributed by atoms with E-state index in [2.05, 4.69) is 15.3 Å². The molecule has 4 nitrogen and oxygen atoms in total. The number of pyridine rings is 2. The van der Waals surface area contributed by atoms with Gasteiger partial charge < -0.3 is 5.32 Å². The lowest BCUT2D eigenvalue weighted by Gasteiger charge is -2.12. The van der Waals surface area contributed by atoms with Crippen molar-refractivity contribution in [3.8, 4) is 0 Å². The highest BCUT2D eigenvalue weighted by atomic mass is 35.5. The van der Waals surface area contributed by atoms with Crippen LogP contribution < -0.4 is 5.32 Å². The van der Waals surface area contributed by atoms with Gasteiger partial charge in [-0.3, -0.25) is 9.78 Å². The average molecular weight is 310 g/mol. The minimum Gasteiger partial charge on any atom is -0.320 e. The number of halogens is 2. The Balaban J connectivity index is 2.30. The fourth-order valence-corrected chi connectivity index (χ4v) is 2.21. The standard InChI is InChI=1S/C14H13Cl2N3O/c1-7-4-8(2)18-9(3)12(7)19-14(20)10-5-11(15)13(16)17-6-10/h4-6H,1-3H3,(H,19,20). The van der Waals surface area contributed by atoms with E-state index >= 15 is 0 Å². The van der Waals surface area contributed by atoms with Crippen LogP contribution in [0.15, 0.2) is 18.3 Å². The highest BCUT2D eigenvalue weighted by Gasteiger charge is 2.13. The van der Waals surface area contributed by atoms with Gasteiger partial charge in [-0.2, -0.15) is 0 Å². The molecule has 2 heterocycles. The van der Waals surface area contributed by atoms with Gasteiger partial charge in [-0.1, -0.05) is 23.2 Å². The fraction of sp³-hybridized carbons (Fsp3) is 0.214. The van der Waals surface area contributed by atoms with Crippen LogP contribution in [0.4, 0.5) is 5.69 Å². The number of carbonyl (C=O) groups excluding carboxylic acids is 1. The molecule has 0 aliphatic heterocycles. The molecule has 0 bridgehead atoms. The van der Waals surface area contributed by atoms with Gasteiger partial charge in [-0.05, 0) is 38.5 Å². The highest BCUT2D eigenvalue weighted by molar-refractivity contribution is 6.41. The van der Waals surface area contributed by atoms with Crippen LogP contribution >= 0.6 is 23.2 Å². The van der Waals surface area contributed by atoms with Crippen LogP contribution in [0.5, 0.6) is 0 Å². The third-order valence-corrected chi connectivity index (χ3v) is 3.51. The maximum absolute atomic E-state index is 12.2. The molecule has 1 N–H and O–H groups in total. The fourth-order valence-electron chi connectivity index (χ4n) is 1.94. The summed E-state index contributed by atoms with van der Waals surface area (Å²) in [6.45, 7) is 5.68. The molecule has 0 aromatic carbocycles. The summed E-state index contributed by atoms with van der Waals surface area (Å²) in [4.78, 5) is 20.4. The number of anilines is 1. The normalized spacial score (nSPS) is 10.4. The van der Waals surface area contributed by atoms with E-state index in [0.29, 0.717) is 11.3 Å². The third kappa shape index (κ3) is 3.08. The number of nitrogens with one attached hydrogen (secondary N) is 1. The minimum absolute atomic E-state index is 0.174. The van der Waals surface area contributed by atoms with E-state index in [1.54, 1.807) is 0 Å². The third-order valence-electron chi connectivity index (χ3n) is 2.82. The molecule has 0 fully saturated rings. The molecule has 0 saturated carbocycles. The van der Waals surface area contributed by atoms with E-state index in [-0.39, 0.29) is 16.1 Å². The van der Waals surface area contributed by atoms with Gasteiger partial charge in [0.25, 0.3) is 5.91 Å². The Morgan fingerprint density at radius 2 is 1.90 bits per heavy atom. The van der Waals surface area contributed by atoms with Gasteiger partial charge in [0.1, 0.15) is 5.15 Å². The molecule has 2 aromatic heterocycles. The molecule has 20 heavy (non-hydrogen) atoms. The first kappa shape index (κ1) is 14.8. The number of rotatable bonds is 2. The van der Waals surface area contributed by atoms with Crippen LogP contribution in [0, 0.1) is 20.8 Å². The molecule has 0 spiro atoms. The molecule has 6 heteroatoms. The minimum atomic E-state index is -0.298. The van der Waals surface area contributed by atoms with Gasteiger partial charge in [-0.15, -0.1) is 0 Å². The molecule has 0 saturated heterocycles. The zero-order valence-electron chi connectivity index (χ0n) is 11.3. The number of aryl methyl sites for hydroxylation is 3. The van der Waals surface area contributed by atoms with Gasteiger partial charge >= 0.3 is 0 Å². The lowest BCUT2D eigenvalue weighted by Crippen LogP contribution is -2.15. The Morgan fingerprint density at radius 3 is 2.50 bits per heavy atom. The van der Waals surface area contributed by atoms with Crippen LogP contribution in [-0.4, -0.2) is 15.9 Å². The summed E-state index contributed by atoms with van der Waals surface area (Å²) in [6, 6.07) is 3.40. The largest absolute Gasteiger partial charge is 0.320 e. The summed E-state index contributed by atoms with van der Waals surface area (Å²) in [7, 11) is 0. The maximum Gasteiger partial charge on any atom is 0.257 e. The Labute approximate surface area is 127 Å². The van der Waals surface area contributed by atoms with Gasteiger partial charge in [0.15, 0.2) is 0 Å². The summed E-state index contributed by atoms with van der Waals surface area (Å²) in [5.74, 6) is -0.298. The van der Waals surface area contributed by atoms with E-state index < -0.39 is 0 Å². The summed E-state index contributed by atoms with van der Waals surface area (Å²) < 4.78 is 0. The van der Waals surface area contributed by atoms with E-state index in [9.17, 15) is 4.79 Å². The van der Waals surface area contributed by atoms with Crippen molar-refractivity contribution >= 4 is 34.8 Å². The second-order valence-corrected chi connectivity index (χ2v) is 5.26. The van der Waals surface area contributed by atoms with Gasteiger partial charge in [-0.25, -0.2) is 4.98 Å². The van der Waals surface area contributed by atoms with Gasteiger partial charge in [0.2, 0.25) is 0 Å². The number of carbonyl (C=O) groups is 1. The molecule has 2 aromatic rings. The van der Waals surface area contributed by atoms with E-state index in [0.717, 1.165) is 17.0 Å². The lowest BCUT2D eigenvalue weighted by molar-refractivity contribution is 0.102. The first-order valence-corrected chi connectivity index (χ1v) is 6.71. The molecule has 1 amide bonds.